The number of aromatic nitrogens is 2. The maximum atomic E-state index is 12.3. The van der Waals surface area contributed by atoms with Crippen molar-refractivity contribution in [1.82, 2.24) is 9.55 Å². The van der Waals surface area contributed by atoms with Crippen molar-refractivity contribution < 1.29 is 71.8 Å². The van der Waals surface area contributed by atoms with Crippen molar-refractivity contribution in [2.24, 2.45) is 0 Å². The van der Waals surface area contributed by atoms with Crippen molar-refractivity contribution in [2.75, 3.05) is 25.6 Å². The number of unbranched alkanes of at least 4 members (excludes halogenated alkanes) is 24. The van der Waals surface area contributed by atoms with Crippen LogP contribution in [0.25, 0.3) is 0 Å². The predicted octanol–water partition coefficient (Wildman–Crippen LogP) is 8.07. The largest absolute Gasteiger partial charge is 0.469 e. The highest BCUT2D eigenvalue weighted by Crippen LogP contribution is 2.38. The molecule has 1 aromatic heterocycles. The third-order valence-corrected chi connectivity index (χ3v) is 12.0. The number of esters is 2. The molecular formula is C44H83N3O16P2. The molecule has 1 aliphatic heterocycles. The van der Waals surface area contributed by atoms with Gasteiger partial charge in [-0.2, -0.15) is 4.98 Å². The van der Waals surface area contributed by atoms with Crippen LogP contribution in [0.1, 0.15) is 200 Å². The van der Waals surface area contributed by atoms with Gasteiger partial charge in [-0.1, -0.05) is 168 Å². The fraction of sp³-hybridized carbons (Fsp3) is 0.864. The van der Waals surface area contributed by atoms with Gasteiger partial charge in [0, 0.05) is 19.0 Å². The zero-order valence-electron chi connectivity index (χ0n) is 39.1. The lowest BCUT2D eigenvalue weighted by Crippen LogP contribution is -2.36. The Morgan fingerprint density at radius 1 is 0.662 bits per heavy atom. The van der Waals surface area contributed by atoms with E-state index in [1.165, 1.54) is 141 Å². The first-order valence-corrected chi connectivity index (χ1v) is 27.1. The Morgan fingerprint density at radius 2 is 1.08 bits per heavy atom. The molecule has 2 heterocycles. The number of carbonyl (C=O) groups is 2. The Kier molecular flexibility index (Phi) is 34.3. The van der Waals surface area contributed by atoms with E-state index in [0.717, 1.165) is 36.7 Å². The molecule has 1 aromatic rings. The number of phosphoric ester groups is 2. The van der Waals surface area contributed by atoms with E-state index in [2.05, 4.69) is 27.9 Å². The molecule has 0 unspecified atom stereocenters. The molecule has 0 aromatic carbocycles. The standard InChI is InChI=1S/C35H69O8P.C9H14N3O8P/c1-3-5-7-9-11-13-15-17-19-21-23-25-27-29-34(36)41-31-33(32-42-44(38,39)40)43-35(37)30-28-26-24-22-20-18-16-14-12-10-8-6-4-2;10-5-1-2-12(9(15)11-5)8-7(14)6(13)4(20-8)3-19-21(16,17)18/h33H,3-32H2,1-2H3,(H2,38,39,40);1-2,4,6-8,13-14H,3H2,(H2,10,11,15)(H2,16,17,18)/t33-;4-,6-,7+,8-/m11/s1. The average molecular weight is 972 g/mol. The Labute approximate surface area is 386 Å². The summed E-state index contributed by atoms with van der Waals surface area (Å²) in [7, 11) is -9.48. The molecule has 1 aliphatic rings. The lowest BCUT2D eigenvalue weighted by molar-refractivity contribution is -0.161. The van der Waals surface area contributed by atoms with Crippen LogP contribution in [-0.2, 0) is 42.0 Å². The average Bonchev–Trinajstić information content (AvgIpc) is 3.52. The number of nitrogen functional groups attached to an aromatic ring is 1. The minimum atomic E-state index is -4.74. The molecular weight excluding hydrogens is 888 g/mol. The Bertz CT molecular complexity index is 1540. The second-order valence-corrected chi connectivity index (χ2v) is 19.4. The second-order valence-electron chi connectivity index (χ2n) is 16.9. The number of ether oxygens (including phenoxy) is 3. The van der Waals surface area contributed by atoms with E-state index in [9.17, 15) is 33.7 Å². The molecule has 0 spiro atoms. The molecule has 0 aliphatic carbocycles. The Balaban J connectivity index is 0.000000828. The lowest BCUT2D eigenvalue weighted by atomic mass is 10.0. The van der Waals surface area contributed by atoms with E-state index < -0.39 is 77.1 Å². The van der Waals surface area contributed by atoms with Gasteiger partial charge in [0.25, 0.3) is 0 Å². The molecule has 1 fully saturated rings. The lowest BCUT2D eigenvalue weighted by Gasteiger charge is -2.18. The maximum Gasteiger partial charge on any atom is 0.469 e. The topological polar surface area (TPSA) is 297 Å². The molecule has 2 rings (SSSR count). The number of carbonyl (C=O) groups excluding carboxylic acids is 2. The minimum absolute atomic E-state index is 0.0225. The minimum Gasteiger partial charge on any atom is -0.462 e. The second kappa shape index (κ2) is 36.7. The van der Waals surface area contributed by atoms with Gasteiger partial charge in [0.15, 0.2) is 12.3 Å². The first-order valence-electron chi connectivity index (χ1n) is 24.1. The first kappa shape index (κ1) is 60.7. The summed E-state index contributed by atoms with van der Waals surface area (Å²) in [5, 5.41) is 19.6. The number of nitrogens with zero attached hydrogens (tertiary/aromatic N) is 2. The summed E-state index contributed by atoms with van der Waals surface area (Å²) < 4.78 is 47.2. The van der Waals surface area contributed by atoms with Gasteiger partial charge < -0.3 is 49.7 Å². The quantitative estimate of drug-likeness (QED) is 0.0187. The summed E-state index contributed by atoms with van der Waals surface area (Å²) in [6.07, 6.45) is 26.8. The van der Waals surface area contributed by atoms with E-state index in [0.29, 0.717) is 6.42 Å². The molecule has 0 bridgehead atoms. The van der Waals surface area contributed by atoms with Crippen molar-refractivity contribution in [3.05, 3.63) is 22.7 Å². The number of hydrogen-bond donors (Lipinski definition) is 7. The van der Waals surface area contributed by atoms with Crippen LogP contribution in [0.4, 0.5) is 5.82 Å². The van der Waals surface area contributed by atoms with Crippen LogP contribution in [-0.4, -0.2) is 95.5 Å². The smallest absolute Gasteiger partial charge is 0.462 e. The summed E-state index contributed by atoms with van der Waals surface area (Å²) in [6, 6.07) is 1.29. The van der Waals surface area contributed by atoms with Crippen molar-refractivity contribution in [3.63, 3.8) is 0 Å². The third-order valence-electron chi connectivity index (χ3n) is 11.0. The maximum absolute atomic E-state index is 12.3. The van der Waals surface area contributed by atoms with Crippen LogP contribution in [0.5, 0.6) is 0 Å². The highest BCUT2D eigenvalue weighted by molar-refractivity contribution is 7.46. The van der Waals surface area contributed by atoms with Crippen molar-refractivity contribution in [1.29, 1.82) is 0 Å². The number of aliphatic hydroxyl groups excluding tert-OH is 2. The Morgan fingerprint density at radius 3 is 1.49 bits per heavy atom. The normalized spacial score (nSPS) is 18.0. The summed E-state index contributed by atoms with van der Waals surface area (Å²) in [5.74, 6) is -0.896. The van der Waals surface area contributed by atoms with Gasteiger partial charge in [-0.05, 0) is 18.9 Å². The molecule has 8 N–H and O–H groups in total. The molecule has 19 nitrogen and oxygen atoms in total. The van der Waals surface area contributed by atoms with Gasteiger partial charge in [-0.15, -0.1) is 0 Å². The number of nitrogens with two attached hydrogens (primary N) is 1. The SMILES string of the molecule is CCCCCCCCCCCCCCCC(=O)OC[C@H](COP(=O)(O)O)OC(=O)CCCCCCCCCCCCCCC.Nc1ccn([C@@H]2O[C@H](COP(=O)(O)O)[C@@H](O)[C@@H]2O)c(=O)n1. The number of rotatable bonds is 38. The fourth-order valence-corrected chi connectivity index (χ4v) is 7.96. The van der Waals surface area contributed by atoms with Crippen LogP contribution < -0.4 is 11.4 Å². The number of phosphoric acid groups is 2. The molecule has 0 saturated carbocycles. The van der Waals surface area contributed by atoms with Crippen molar-refractivity contribution >= 4 is 33.4 Å². The van der Waals surface area contributed by atoms with Crippen molar-refractivity contribution in [3.8, 4) is 0 Å². The highest BCUT2D eigenvalue weighted by Gasteiger charge is 2.45. The summed E-state index contributed by atoms with van der Waals surface area (Å²) in [6.45, 7) is 3.03. The zero-order valence-corrected chi connectivity index (χ0v) is 40.9. The van der Waals surface area contributed by atoms with Crippen molar-refractivity contribution in [2.45, 2.75) is 224 Å². The monoisotopic (exact) mass is 972 g/mol. The summed E-state index contributed by atoms with van der Waals surface area (Å²) >= 11 is 0. The molecule has 380 valence electrons. The first-order chi connectivity index (χ1) is 31.0. The van der Waals surface area contributed by atoms with Crippen LogP contribution in [0.3, 0.4) is 0 Å². The zero-order chi connectivity index (χ0) is 48.4. The molecule has 21 heteroatoms. The molecule has 0 amide bonds. The number of aliphatic hydroxyl groups is 2. The van der Waals surface area contributed by atoms with Gasteiger partial charge in [0.2, 0.25) is 0 Å². The van der Waals surface area contributed by atoms with Gasteiger partial charge >= 0.3 is 33.3 Å². The van der Waals surface area contributed by atoms with E-state index in [-0.39, 0.29) is 25.3 Å². The van der Waals surface area contributed by atoms with Gasteiger partial charge in [-0.3, -0.25) is 23.2 Å². The van der Waals surface area contributed by atoms with E-state index in [1.54, 1.807) is 0 Å². The van der Waals surface area contributed by atoms with E-state index in [1.807, 2.05) is 0 Å². The van der Waals surface area contributed by atoms with Crippen LogP contribution in [0.15, 0.2) is 17.1 Å². The molecule has 0 radical (unpaired) electrons. The third kappa shape index (κ3) is 33.0. The van der Waals surface area contributed by atoms with Gasteiger partial charge in [0.05, 0.1) is 13.2 Å². The summed E-state index contributed by atoms with van der Waals surface area (Å²) in [5.41, 5.74) is 4.52. The summed E-state index contributed by atoms with van der Waals surface area (Å²) in [4.78, 5) is 74.9. The highest BCUT2D eigenvalue weighted by atomic mass is 31.2. The molecule has 65 heavy (non-hydrogen) atoms. The van der Waals surface area contributed by atoms with E-state index >= 15 is 0 Å². The Hall–Kier alpha value is -2.28. The molecule has 1 saturated heterocycles. The van der Waals surface area contributed by atoms with Crippen LogP contribution in [0.2, 0.25) is 0 Å². The number of anilines is 1. The van der Waals surface area contributed by atoms with E-state index in [4.69, 9.17) is 39.5 Å². The predicted molar refractivity (Wildman–Crippen MR) is 246 cm³/mol. The number of hydrogen-bond acceptors (Lipinski definition) is 14. The molecule has 5 atom stereocenters. The van der Waals surface area contributed by atoms with Gasteiger partial charge in [0.1, 0.15) is 30.7 Å². The van der Waals surface area contributed by atoms with Gasteiger partial charge in [-0.25, -0.2) is 13.9 Å². The fourth-order valence-electron chi connectivity index (χ4n) is 7.26. The van der Waals surface area contributed by atoms with Crippen LogP contribution >= 0.6 is 15.6 Å². The van der Waals surface area contributed by atoms with Crippen LogP contribution in [0, 0.1) is 0 Å².